The maximum atomic E-state index is 12.4. The minimum atomic E-state index is -0.754. The van der Waals surface area contributed by atoms with Gasteiger partial charge in [-0.2, -0.15) is 0 Å². The molecule has 21 heavy (non-hydrogen) atoms. The number of piperazine rings is 1. The number of nitrogens with zero attached hydrogens (tertiary/aromatic N) is 1. The summed E-state index contributed by atoms with van der Waals surface area (Å²) >= 11 is 0. The summed E-state index contributed by atoms with van der Waals surface area (Å²) in [5, 5.41) is 5.70. The Morgan fingerprint density at radius 2 is 2.14 bits per heavy atom. The van der Waals surface area contributed by atoms with Crippen molar-refractivity contribution in [2.75, 3.05) is 26.2 Å². The van der Waals surface area contributed by atoms with Gasteiger partial charge in [-0.05, 0) is 6.92 Å². The number of hydrogen-bond donors (Lipinski definition) is 4. The van der Waals surface area contributed by atoms with Crippen molar-refractivity contribution >= 4 is 11.8 Å². The van der Waals surface area contributed by atoms with E-state index in [9.17, 15) is 19.2 Å². The van der Waals surface area contributed by atoms with Gasteiger partial charge in [-0.25, -0.2) is 4.79 Å². The highest BCUT2D eigenvalue weighted by Gasteiger charge is 2.32. The highest BCUT2D eigenvalue weighted by atomic mass is 16.2. The Morgan fingerprint density at radius 3 is 2.81 bits per heavy atom. The van der Waals surface area contributed by atoms with E-state index in [4.69, 9.17) is 0 Å². The molecule has 9 nitrogen and oxygen atoms in total. The maximum Gasteiger partial charge on any atom is 0.326 e. The van der Waals surface area contributed by atoms with E-state index in [1.807, 2.05) is 4.98 Å². The average Bonchev–Trinajstić information content (AvgIpc) is 2.45. The first-order valence-corrected chi connectivity index (χ1v) is 6.66. The van der Waals surface area contributed by atoms with Crippen molar-refractivity contribution in [3.8, 4) is 0 Å². The molecule has 1 aromatic heterocycles. The van der Waals surface area contributed by atoms with Crippen LogP contribution in [0.3, 0.4) is 0 Å². The van der Waals surface area contributed by atoms with Crippen LogP contribution in [0.25, 0.3) is 0 Å². The Labute approximate surface area is 119 Å². The van der Waals surface area contributed by atoms with Gasteiger partial charge in [0.05, 0.1) is 0 Å². The fraction of sp³-hybridized carbons (Fsp3) is 0.500. The van der Waals surface area contributed by atoms with E-state index in [1.165, 1.54) is 4.90 Å². The predicted molar refractivity (Wildman–Crippen MR) is 74.1 cm³/mol. The summed E-state index contributed by atoms with van der Waals surface area (Å²) in [6.07, 6.45) is 0. The van der Waals surface area contributed by atoms with Crippen molar-refractivity contribution in [3.05, 3.63) is 32.6 Å². The number of nitrogens with one attached hydrogen (secondary N) is 4. The fourth-order valence-corrected chi connectivity index (χ4v) is 2.21. The second kappa shape index (κ2) is 6.35. The number of carbonyl (C=O) groups excluding carboxylic acids is 2. The zero-order chi connectivity index (χ0) is 15.4. The zero-order valence-electron chi connectivity index (χ0n) is 11.6. The van der Waals surface area contributed by atoms with Gasteiger partial charge in [0, 0.05) is 32.2 Å². The van der Waals surface area contributed by atoms with Crippen LogP contribution in [0.1, 0.15) is 17.4 Å². The lowest BCUT2D eigenvalue weighted by molar-refractivity contribution is -0.126. The van der Waals surface area contributed by atoms with Crippen molar-refractivity contribution in [2.24, 2.45) is 0 Å². The number of rotatable bonds is 3. The maximum absolute atomic E-state index is 12.4. The van der Waals surface area contributed by atoms with Crippen molar-refractivity contribution in [1.82, 2.24) is 25.5 Å². The Bertz CT molecular complexity index is 621. The minimum absolute atomic E-state index is 0.125. The van der Waals surface area contributed by atoms with Crippen LogP contribution < -0.4 is 21.9 Å². The number of aromatic nitrogens is 2. The number of hydrogen-bond acceptors (Lipinski definition) is 5. The molecule has 4 N–H and O–H groups in total. The molecule has 0 spiro atoms. The molecule has 114 valence electrons. The first-order valence-electron chi connectivity index (χ1n) is 6.66. The minimum Gasteiger partial charge on any atom is -0.355 e. The van der Waals surface area contributed by atoms with Gasteiger partial charge >= 0.3 is 5.69 Å². The molecule has 2 rings (SSSR count). The molecule has 9 heteroatoms. The fourth-order valence-electron chi connectivity index (χ4n) is 2.21. The molecule has 1 atom stereocenters. The van der Waals surface area contributed by atoms with Crippen LogP contribution in [-0.2, 0) is 4.79 Å². The molecule has 1 saturated heterocycles. The van der Waals surface area contributed by atoms with Gasteiger partial charge < -0.3 is 20.5 Å². The summed E-state index contributed by atoms with van der Waals surface area (Å²) in [6, 6.07) is 0.342. The number of carbonyl (C=O) groups is 2. The molecule has 0 aliphatic carbocycles. The van der Waals surface area contributed by atoms with Crippen LogP contribution in [0.15, 0.2) is 15.7 Å². The van der Waals surface area contributed by atoms with E-state index in [2.05, 4.69) is 15.6 Å². The van der Waals surface area contributed by atoms with Crippen molar-refractivity contribution in [1.29, 1.82) is 0 Å². The van der Waals surface area contributed by atoms with E-state index in [0.29, 0.717) is 26.2 Å². The van der Waals surface area contributed by atoms with Gasteiger partial charge in [0.1, 0.15) is 11.7 Å². The van der Waals surface area contributed by atoms with Crippen LogP contribution in [-0.4, -0.2) is 58.9 Å². The Hall–Kier alpha value is -2.42. The molecule has 0 aromatic carbocycles. The van der Waals surface area contributed by atoms with Gasteiger partial charge in [-0.3, -0.25) is 19.4 Å². The third-order valence-corrected chi connectivity index (χ3v) is 3.15. The molecular formula is C12H17N5O4. The topological polar surface area (TPSA) is 127 Å². The third-order valence-electron chi connectivity index (χ3n) is 3.15. The quantitative estimate of drug-likeness (QED) is 0.495. The highest BCUT2D eigenvalue weighted by molar-refractivity contribution is 5.96. The Kier molecular flexibility index (Phi) is 4.53. The van der Waals surface area contributed by atoms with Crippen LogP contribution in [0.4, 0.5) is 0 Å². The molecule has 1 fully saturated rings. The lowest BCUT2D eigenvalue weighted by Crippen LogP contribution is -2.59. The summed E-state index contributed by atoms with van der Waals surface area (Å²) in [6.45, 7) is 3.42. The lowest BCUT2D eigenvalue weighted by atomic mass is 10.1. The number of H-pyrrole nitrogens is 2. The van der Waals surface area contributed by atoms with Crippen LogP contribution >= 0.6 is 0 Å². The number of aromatic amines is 2. The molecule has 0 saturated carbocycles. The monoisotopic (exact) mass is 295 g/mol. The second-order valence-electron chi connectivity index (χ2n) is 4.61. The summed E-state index contributed by atoms with van der Waals surface area (Å²) in [7, 11) is 0. The Balaban J connectivity index is 2.28. The smallest absolute Gasteiger partial charge is 0.326 e. The number of likely N-dealkylation sites (N-methyl/N-ethyl adjacent to an activating group) is 1. The van der Waals surface area contributed by atoms with Crippen molar-refractivity contribution in [2.45, 2.75) is 13.0 Å². The number of amides is 2. The van der Waals surface area contributed by atoms with E-state index in [-0.39, 0.29) is 11.6 Å². The zero-order valence-corrected chi connectivity index (χ0v) is 11.6. The lowest BCUT2D eigenvalue weighted by Gasteiger charge is -2.34. The van der Waals surface area contributed by atoms with Gasteiger partial charge in [0.25, 0.3) is 11.5 Å². The van der Waals surface area contributed by atoms with Crippen molar-refractivity contribution < 1.29 is 9.59 Å². The molecule has 1 aliphatic heterocycles. The van der Waals surface area contributed by atoms with E-state index < -0.39 is 23.2 Å². The SMILES string of the molecule is CCNC(=O)C1CNCCN1C(=O)c1cc(=O)[nH]c(=O)[nH]1. The van der Waals surface area contributed by atoms with E-state index in [1.54, 1.807) is 6.92 Å². The first kappa shape index (κ1) is 15.0. The van der Waals surface area contributed by atoms with Crippen LogP contribution in [0.2, 0.25) is 0 Å². The molecule has 1 aromatic rings. The predicted octanol–water partition coefficient (Wildman–Crippen LogP) is -2.39. The molecule has 2 heterocycles. The molecule has 1 aliphatic rings. The average molecular weight is 295 g/mol. The normalized spacial score (nSPS) is 18.3. The summed E-state index contributed by atoms with van der Waals surface area (Å²) in [5.41, 5.74) is -1.54. The van der Waals surface area contributed by atoms with Gasteiger partial charge in [-0.15, -0.1) is 0 Å². The summed E-state index contributed by atoms with van der Waals surface area (Å²) < 4.78 is 0. The first-order chi connectivity index (χ1) is 10.0. The third kappa shape index (κ3) is 3.37. The molecule has 2 amide bonds. The van der Waals surface area contributed by atoms with Gasteiger partial charge in [-0.1, -0.05) is 0 Å². The largest absolute Gasteiger partial charge is 0.355 e. The molecule has 0 radical (unpaired) electrons. The molecule has 1 unspecified atom stereocenters. The summed E-state index contributed by atoms with van der Waals surface area (Å²) in [4.78, 5) is 52.6. The molecule has 0 bridgehead atoms. The molecular weight excluding hydrogens is 278 g/mol. The standard InChI is InChI=1S/C12H17N5O4/c1-2-14-10(19)8-6-13-3-4-17(8)11(20)7-5-9(18)16-12(21)15-7/h5,8,13H,2-4,6H2,1H3,(H,14,19)(H2,15,16,18,21). The van der Waals surface area contributed by atoms with Crippen LogP contribution in [0, 0.1) is 0 Å². The highest BCUT2D eigenvalue weighted by Crippen LogP contribution is 2.08. The second-order valence-corrected chi connectivity index (χ2v) is 4.61. The van der Waals surface area contributed by atoms with Gasteiger partial charge in [0.15, 0.2) is 0 Å². The Morgan fingerprint density at radius 1 is 1.38 bits per heavy atom. The van der Waals surface area contributed by atoms with Crippen molar-refractivity contribution in [3.63, 3.8) is 0 Å². The van der Waals surface area contributed by atoms with Gasteiger partial charge in [0.2, 0.25) is 5.91 Å². The summed E-state index contributed by atoms with van der Waals surface area (Å²) in [5.74, 6) is -0.818. The van der Waals surface area contributed by atoms with E-state index in [0.717, 1.165) is 6.07 Å². The van der Waals surface area contributed by atoms with E-state index >= 15 is 0 Å². The van der Waals surface area contributed by atoms with Crippen LogP contribution in [0.5, 0.6) is 0 Å².